The largest absolute Gasteiger partial charge is 0.460 e. The Morgan fingerprint density at radius 3 is 1.16 bits per heavy atom. The third-order valence-electron chi connectivity index (χ3n) is 20.9. The molecular formula is C93H131N15O26S3. The lowest BCUT2D eigenvalue weighted by Crippen LogP contribution is -2.57. The van der Waals surface area contributed by atoms with E-state index in [1.165, 1.54) is 87.0 Å². The third kappa shape index (κ3) is 42.8. The number of nitrogens with two attached hydrogens (primary N) is 2. The molecule has 0 radical (unpaired) electrons. The monoisotopic (exact) mass is 1970 g/mol. The van der Waals surface area contributed by atoms with E-state index in [1.807, 2.05) is 0 Å². The van der Waals surface area contributed by atoms with Crippen LogP contribution >= 0.6 is 12.6 Å². The van der Waals surface area contributed by atoms with Crippen LogP contribution in [0.15, 0.2) is 131 Å². The van der Waals surface area contributed by atoms with Crippen LogP contribution in [-0.2, 0) is 119 Å². The summed E-state index contributed by atoms with van der Waals surface area (Å²) in [4.78, 5) is 222. The third-order valence-corrected chi connectivity index (χ3v) is 24.9. The number of carbonyl (C=O) groups is 16. The number of rotatable bonds is 61. The van der Waals surface area contributed by atoms with Crippen LogP contribution in [0.1, 0.15) is 156 Å². The number of aryl methyl sites for hydroxylation is 2. The number of benzene rings is 5. The van der Waals surface area contributed by atoms with E-state index in [-0.39, 0.29) is 143 Å². The van der Waals surface area contributed by atoms with Crippen LogP contribution in [0, 0.1) is 37.0 Å². The maximum Gasteiger partial charge on any atom is 0.315 e. The molecule has 137 heavy (non-hydrogen) atoms. The van der Waals surface area contributed by atoms with E-state index in [1.54, 1.807) is 86.6 Å². The van der Waals surface area contributed by atoms with Gasteiger partial charge in [-0.15, -0.1) is 0 Å². The van der Waals surface area contributed by atoms with Crippen molar-refractivity contribution in [3.8, 4) is 0 Å². The fraction of sp³-hybridized carbons (Fsp3) is 0.505. The first kappa shape index (κ1) is 115. The van der Waals surface area contributed by atoms with Crippen molar-refractivity contribution in [1.82, 2.24) is 58.5 Å². The molecule has 41 nitrogen and oxygen atoms in total. The molecular weight excluding hydrogens is 1840 g/mol. The first-order chi connectivity index (χ1) is 64.8. The summed E-state index contributed by atoms with van der Waals surface area (Å²) in [6.07, 6.45) is -3.74. The highest BCUT2D eigenvalue weighted by Crippen LogP contribution is 2.26. The van der Waals surface area contributed by atoms with Crippen molar-refractivity contribution in [3.05, 3.63) is 155 Å². The highest BCUT2D eigenvalue weighted by atomic mass is 32.2. The van der Waals surface area contributed by atoms with Crippen molar-refractivity contribution in [3.63, 3.8) is 0 Å². The summed E-state index contributed by atoms with van der Waals surface area (Å²) in [5.41, 5.74) is 12.4. The van der Waals surface area contributed by atoms with E-state index in [2.05, 4.69) is 81.7 Å². The van der Waals surface area contributed by atoms with Crippen molar-refractivity contribution < 1.29 is 122 Å². The van der Waals surface area contributed by atoms with Gasteiger partial charge in [-0.1, -0.05) is 99.5 Å². The lowest BCUT2D eigenvalue weighted by Gasteiger charge is -2.27. The molecule has 5 aromatic carbocycles. The molecule has 0 bridgehead atoms. The van der Waals surface area contributed by atoms with Crippen molar-refractivity contribution in [1.29, 1.82) is 0 Å². The summed E-state index contributed by atoms with van der Waals surface area (Å²) in [6, 6.07) is 15.4. The Balaban J connectivity index is 1.59. The molecule has 0 saturated carbocycles. The Labute approximate surface area is 803 Å². The van der Waals surface area contributed by atoms with E-state index in [9.17, 15) is 84.0 Å². The quantitative estimate of drug-likeness (QED) is 0.0115. The molecule has 0 unspecified atom stereocenters. The van der Waals surface area contributed by atoms with E-state index >= 15 is 9.59 Å². The van der Waals surface area contributed by atoms with Gasteiger partial charge in [0.05, 0.1) is 78.0 Å². The van der Waals surface area contributed by atoms with E-state index < -0.39 is 230 Å². The van der Waals surface area contributed by atoms with E-state index in [0.717, 1.165) is 24.3 Å². The molecule has 0 aliphatic carbocycles. The molecule has 0 saturated heterocycles. The molecule has 7 atom stereocenters. The molecule has 0 spiro atoms. The fourth-order valence-corrected chi connectivity index (χ4v) is 16.4. The number of hydrogen-bond donors (Lipinski definition) is 16. The Hall–Kier alpha value is -12.5. The van der Waals surface area contributed by atoms with Crippen molar-refractivity contribution >= 4 is 138 Å². The second kappa shape index (κ2) is 58.8. The molecule has 5 aromatic rings. The van der Waals surface area contributed by atoms with Gasteiger partial charge >= 0.3 is 24.0 Å². The fourth-order valence-electron chi connectivity index (χ4n) is 13.1. The molecule has 0 aromatic heterocycles. The van der Waals surface area contributed by atoms with Crippen LogP contribution in [-0.4, -0.2) is 251 Å². The standard InChI is InChI=1S/C93H131N15O26S3/c1-57(2)79(88(120)105-70(14-12-42-98-91(94)123)84(116)100-66-28-20-61(21-29-66)52-133-78(112)54-135)107-76(110)40-37-73(102-82(114)64-26-24-63(25-27-64)81(113)65(55-136(125,126)68-32-16-59(5)17-33-68)56-137(127,128)69-34-18-60(6)19-35-69)86(118)104-74(87(119)103-72(83(115)97-45-47-132-51-49-130-11)36-39-75(109)96-44-46-131-50-48-129-10)38-41-77(111)108-80(58(3)4)89(121)106-71(15-13-43-99-92(95)124)85(117)101-67-30-22-62(23-31-67)53-134-90(122)93(7,8)9/h16-35,57-58,65,70-74,79-80,135H,12-15,36-56H2,1-11H3,(H,96,109)(H,97,115)(H,100,116)(H,101,117)(H,102,114)(H,103,119)(H,104,118)(H,105,120)(H,106,121)(H,107,110)(H,108,111)(H3,94,98,123)(H3,95,99,124)/t70-,71-,72-,73-,74-,79-,80-/m0/s1. The second-order valence-electron chi connectivity index (χ2n) is 34.0. The average molecular weight is 1970 g/mol. The lowest BCUT2D eigenvalue weighted by molar-refractivity contribution is -0.154. The zero-order valence-corrected chi connectivity index (χ0v) is 81.6. The Bertz CT molecular complexity index is 5030. The normalized spacial score (nSPS) is 13.0. The number of hydrogen-bond acceptors (Lipinski definition) is 27. The summed E-state index contributed by atoms with van der Waals surface area (Å²) in [6.45, 7) is 15.2. The lowest BCUT2D eigenvalue weighted by atomic mass is 9.97. The number of carbonyl (C=O) groups excluding carboxylic acids is 16. The predicted molar refractivity (Wildman–Crippen MR) is 509 cm³/mol. The first-order valence-electron chi connectivity index (χ1n) is 44.7. The highest BCUT2D eigenvalue weighted by molar-refractivity contribution is 7.92. The smallest absolute Gasteiger partial charge is 0.315 e. The van der Waals surface area contributed by atoms with Crippen molar-refractivity contribution in [2.45, 2.75) is 192 Å². The highest BCUT2D eigenvalue weighted by Gasteiger charge is 2.38. The molecule has 0 heterocycles. The zero-order chi connectivity index (χ0) is 102. The van der Waals surface area contributed by atoms with Crippen LogP contribution in [0.4, 0.5) is 21.0 Å². The minimum atomic E-state index is -4.39. The maximum absolute atomic E-state index is 15.5. The van der Waals surface area contributed by atoms with E-state index in [4.69, 9.17) is 39.9 Å². The molecule has 44 heteroatoms. The number of ketones is 1. The molecule has 0 aliphatic rings. The van der Waals surface area contributed by atoms with Gasteiger partial charge in [0.2, 0.25) is 59.1 Å². The van der Waals surface area contributed by atoms with Crippen LogP contribution in [0.2, 0.25) is 0 Å². The number of ether oxygens (including phenoxy) is 6. The van der Waals surface area contributed by atoms with Crippen molar-refractivity contribution in [2.75, 3.05) is 108 Å². The van der Waals surface area contributed by atoms with Gasteiger partial charge in [-0.25, -0.2) is 26.4 Å². The Kier molecular flexibility index (Phi) is 49.4. The van der Waals surface area contributed by atoms with Crippen LogP contribution in [0.5, 0.6) is 0 Å². The number of Topliss-reactive ketones (excluding diaryl/α,β-unsaturated/α-hetero) is 1. The van der Waals surface area contributed by atoms with Gasteiger partial charge < -0.3 is 109 Å². The van der Waals surface area contributed by atoms with Crippen LogP contribution in [0.25, 0.3) is 0 Å². The number of nitrogens with one attached hydrogen (secondary N) is 13. The number of urea groups is 2. The molecule has 0 aliphatic heterocycles. The van der Waals surface area contributed by atoms with Gasteiger partial charge in [-0.2, -0.15) is 12.6 Å². The second-order valence-corrected chi connectivity index (χ2v) is 38.4. The van der Waals surface area contributed by atoms with Gasteiger partial charge in [-0.3, -0.25) is 67.1 Å². The van der Waals surface area contributed by atoms with Gasteiger partial charge in [-0.05, 0) is 163 Å². The number of methoxy groups -OCH3 is 2. The minimum absolute atomic E-state index is 0.0217. The average Bonchev–Trinajstić information content (AvgIpc) is 0.794. The Morgan fingerprint density at radius 2 is 0.766 bits per heavy atom. The summed E-state index contributed by atoms with van der Waals surface area (Å²) in [5.74, 6) is -17.5. The Morgan fingerprint density at radius 1 is 0.394 bits per heavy atom. The summed E-state index contributed by atoms with van der Waals surface area (Å²) >= 11 is 3.91. The van der Waals surface area contributed by atoms with Gasteiger partial charge in [0, 0.05) is 82.2 Å². The number of primary amides is 2. The molecule has 752 valence electrons. The first-order valence-corrected chi connectivity index (χ1v) is 48.6. The van der Waals surface area contributed by atoms with E-state index in [0.29, 0.717) is 22.3 Å². The number of sulfone groups is 2. The predicted octanol–water partition coefficient (Wildman–Crippen LogP) is 3.51. The van der Waals surface area contributed by atoms with Gasteiger partial charge in [0.1, 0.15) is 55.5 Å². The molecule has 17 N–H and O–H groups in total. The van der Waals surface area contributed by atoms with Gasteiger partial charge in [0.15, 0.2) is 25.5 Å². The number of anilines is 2. The summed E-state index contributed by atoms with van der Waals surface area (Å²) < 4.78 is 88.1. The van der Waals surface area contributed by atoms with Crippen molar-refractivity contribution in [2.24, 2.45) is 34.6 Å². The number of esters is 2. The molecule has 5 rings (SSSR count). The number of thiol groups is 1. The van der Waals surface area contributed by atoms with Crippen LogP contribution in [0.3, 0.4) is 0 Å². The minimum Gasteiger partial charge on any atom is -0.460 e. The zero-order valence-electron chi connectivity index (χ0n) is 79.0. The summed E-state index contributed by atoms with van der Waals surface area (Å²) in [7, 11) is -5.85. The molecule has 0 fully saturated rings. The summed E-state index contributed by atoms with van der Waals surface area (Å²) in [5, 5.41) is 33.9. The maximum atomic E-state index is 15.5. The van der Waals surface area contributed by atoms with Crippen LogP contribution < -0.4 is 80.6 Å². The molecule has 15 amide bonds. The topological polar surface area (TPSA) is 605 Å². The van der Waals surface area contributed by atoms with Gasteiger partial charge in [0.25, 0.3) is 5.91 Å². The SMILES string of the molecule is COCCOCCNC(=O)CC[C@H](NC(=O)[C@H](CCC(=O)N[C@H](C(=O)N[C@@H](CCCNC(N)=O)C(=O)Nc1ccc(COC(=O)C(C)(C)C)cc1)C(C)C)NC(=O)[C@H](CCC(=O)N[C@H](C(=O)N[C@@H](CCCNC(N)=O)C(=O)Nc1ccc(COC(=O)CS)cc1)C(C)C)NC(=O)c1ccc(C(=O)C(CS(=O)(=O)c2ccc(C)cc2)CS(=O)(=O)c2ccc(C)cc2)cc1)C(=O)NCCOCCOC. The number of amides is 15.